The Balaban J connectivity index is 1.28. The first kappa shape index (κ1) is 24.9. The number of aromatic nitrogens is 3. The molecule has 6 aromatic carbocycles. The third kappa shape index (κ3) is 3.25. The molecule has 11 rings (SSSR count). The summed E-state index contributed by atoms with van der Waals surface area (Å²) in [4.78, 5) is 0. The fourth-order valence-electron chi connectivity index (χ4n) is 8.23. The number of fused-ring (bicyclic) bond motifs is 11. The molecule has 0 bridgehead atoms. The molecule has 0 spiro atoms. The van der Waals surface area contributed by atoms with Crippen molar-refractivity contribution in [2.75, 3.05) is 0 Å². The second-order valence-corrected chi connectivity index (χ2v) is 12.6. The van der Waals surface area contributed by atoms with Crippen molar-refractivity contribution >= 4 is 70.9 Å². The summed E-state index contributed by atoms with van der Waals surface area (Å²) < 4.78 is 7.35. The molecule has 0 radical (unpaired) electrons. The smallest absolute Gasteiger partial charge is 0.0804 e. The van der Waals surface area contributed by atoms with E-state index in [0.717, 1.165) is 0 Å². The van der Waals surface area contributed by atoms with E-state index in [2.05, 4.69) is 177 Å². The van der Waals surface area contributed by atoms with Gasteiger partial charge in [0, 0.05) is 43.7 Å². The van der Waals surface area contributed by atoms with E-state index in [-0.39, 0.29) is 0 Å². The summed E-state index contributed by atoms with van der Waals surface area (Å²) in [5, 5.41) is 7.70. The Hall–Kier alpha value is -6.32. The van der Waals surface area contributed by atoms with Gasteiger partial charge in [-0.25, -0.2) is 0 Å². The third-order valence-corrected chi connectivity index (χ3v) is 10.1. The Kier molecular flexibility index (Phi) is 4.84. The SMILES string of the molecule is c1ccc(-n2c3ccccc3c3cc(-c4cc5c6ccccc6c6c7c8ccccc8n(-c8ccccc8)c7c(c4)n56)ccc32)cc1. The van der Waals surface area contributed by atoms with Crippen LogP contribution in [-0.2, 0) is 0 Å². The minimum atomic E-state index is 1.17. The standard InChI is InChI=1S/C44H27N3/c1-3-13-30(14-4-1)45-37-21-11-9-18-33(37)36-25-28(23-24-39(36)45)29-26-40-32-17-7-8-19-34(32)43-42-35-20-10-12-22-38(35)46(31-15-5-2-6-16-31)44(42)41(27-29)47(40)43/h1-27H. The highest BCUT2D eigenvalue weighted by molar-refractivity contribution is 6.30. The summed E-state index contributed by atoms with van der Waals surface area (Å²) >= 11 is 0. The van der Waals surface area contributed by atoms with Gasteiger partial charge in [-0.15, -0.1) is 0 Å². The van der Waals surface area contributed by atoms with Crippen LogP contribution in [0, 0.1) is 0 Å². The zero-order chi connectivity index (χ0) is 30.6. The molecular formula is C44H27N3. The molecule has 0 aliphatic rings. The number of nitrogens with zero attached hydrogens (tertiary/aromatic N) is 3. The lowest BCUT2D eigenvalue weighted by Gasteiger charge is -2.10. The van der Waals surface area contributed by atoms with Crippen LogP contribution in [0.4, 0.5) is 0 Å². The molecule has 0 amide bonds. The molecule has 3 nitrogen and oxygen atoms in total. The van der Waals surface area contributed by atoms with Gasteiger partial charge in [-0.3, -0.25) is 0 Å². The van der Waals surface area contributed by atoms with Crippen molar-refractivity contribution in [3.63, 3.8) is 0 Å². The lowest BCUT2D eigenvalue weighted by atomic mass is 10.0. The number of hydrogen-bond acceptors (Lipinski definition) is 0. The number of para-hydroxylation sites is 4. The zero-order valence-corrected chi connectivity index (χ0v) is 25.4. The van der Waals surface area contributed by atoms with Crippen LogP contribution in [0.3, 0.4) is 0 Å². The second kappa shape index (κ2) is 9.12. The van der Waals surface area contributed by atoms with Crippen molar-refractivity contribution < 1.29 is 0 Å². The van der Waals surface area contributed by atoms with Crippen molar-refractivity contribution in [3.8, 4) is 22.5 Å². The molecule has 47 heavy (non-hydrogen) atoms. The number of hydrogen-bond donors (Lipinski definition) is 0. The first-order chi connectivity index (χ1) is 23.3. The zero-order valence-electron chi connectivity index (χ0n) is 25.4. The molecule has 218 valence electrons. The Morgan fingerprint density at radius 1 is 0.298 bits per heavy atom. The lowest BCUT2D eigenvalue weighted by molar-refractivity contribution is 1.18. The van der Waals surface area contributed by atoms with Crippen molar-refractivity contribution in [3.05, 3.63) is 164 Å². The highest BCUT2D eigenvalue weighted by Crippen LogP contribution is 2.46. The van der Waals surface area contributed by atoms with Gasteiger partial charge in [0.1, 0.15) is 0 Å². The van der Waals surface area contributed by atoms with Crippen LogP contribution in [0.25, 0.3) is 93.4 Å². The van der Waals surface area contributed by atoms with Gasteiger partial charge < -0.3 is 13.5 Å². The summed E-state index contributed by atoms with van der Waals surface area (Å²) in [6.07, 6.45) is 0. The average Bonchev–Trinajstić information content (AvgIpc) is 3.86. The number of pyridine rings is 1. The second-order valence-electron chi connectivity index (χ2n) is 12.6. The van der Waals surface area contributed by atoms with E-state index in [9.17, 15) is 0 Å². The summed E-state index contributed by atoms with van der Waals surface area (Å²) in [7, 11) is 0. The molecule has 0 N–H and O–H groups in total. The molecular weight excluding hydrogens is 571 g/mol. The van der Waals surface area contributed by atoms with E-state index < -0.39 is 0 Å². The van der Waals surface area contributed by atoms with Gasteiger partial charge in [0.25, 0.3) is 0 Å². The van der Waals surface area contributed by atoms with Gasteiger partial charge in [-0.2, -0.15) is 0 Å². The normalized spacial score (nSPS) is 12.3. The maximum atomic E-state index is 2.50. The van der Waals surface area contributed by atoms with Crippen LogP contribution in [0.2, 0.25) is 0 Å². The minimum Gasteiger partial charge on any atom is -0.309 e. The summed E-state index contributed by atoms with van der Waals surface area (Å²) in [6, 6.07) is 59.8. The summed E-state index contributed by atoms with van der Waals surface area (Å²) in [6.45, 7) is 0. The molecule has 0 unspecified atom stereocenters. The van der Waals surface area contributed by atoms with Crippen LogP contribution < -0.4 is 0 Å². The molecule has 5 heterocycles. The molecule has 11 aromatic rings. The predicted molar refractivity (Wildman–Crippen MR) is 198 cm³/mol. The Bertz CT molecular complexity index is 2990. The topological polar surface area (TPSA) is 14.3 Å². The molecule has 0 aliphatic heterocycles. The number of rotatable bonds is 3. The van der Waals surface area contributed by atoms with Gasteiger partial charge in [-0.05, 0) is 71.8 Å². The lowest BCUT2D eigenvalue weighted by Crippen LogP contribution is -1.95. The van der Waals surface area contributed by atoms with E-state index >= 15 is 0 Å². The molecule has 0 fully saturated rings. The number of benzene rings is 6. The molecule has 0 aliphatic carbocycles. The third-order valence-electron chi connectivity index (χ3n) is 10.1. The van der Waals surface area contributed by atoms with Crippen molar-refractivity contribution in [1.82, 2.24) is 13.5 Å². The predicted octanol–water partition coefficient (Wildman–Crippen LogP) is 11.5. The van der Waals surface area contributed by atoms with Crippen LogP contribution in [0.5, 0.6) is 0 Å². The van der Waals surface area contributed by atoms with E-state index in [0.29, 0.717) is 0 Å². The summed E-state index contributed by atoms with van der Waals surface area (Å²) in [5.74, 6) is 0. The fourth-order valence-corrected chi connectivity index (χ4v) is 8.23. The van der Waals surface area contributed by atoms with Crippen molar-refractivity contribution in [2.45, 2.75) is 0 Å². The van der Waals surface area contributed by atoms with Gasteiger partial charge in [0.05, 0.1) is 38.6 Å². The van der Waals surface area contributed by atoms with E-state index in [4.69, 9.17) is 0 Å². The van der Waals surface area contributed by atoms with E-state index in [1.54, 1.807) is 0 Å². The van der Waals surface area contributed by atoms with Gasteiger partial charge in [-0.1, -0.05) is 103 Å². The van der Waals surface area contributed by atoms with E-state index in [1.807, 2.05) is 0 Å². The van der Waals surface area contributed by atoms with Crippen molar-refractivity contribution in [2.24, 2.45) is 0 Å². The molecule has 0 saturated heterocycles. The van der Waals surface area contributed by atoms with E-state index in [1.165, 1.54) is 93.4 Å². The highest BCUT2D eigenvalue weighted by atomic mass is 15.0. The maximum Gasteiger partial charge on any atom is 0.0804 e. The Morgan fingerprint density at radius 3 is 1.55 bits per heavy atom. The van der Waals surface area contributed by atoms with Gasteiger partial charge >= 0.3 is 0 Å². The van der Waals surface area contributed by atoms with Crippen molar-refractivity contribution in [1.29, 1.82) is 0 Å². The van der Waals surface area contributed by atoms with Crippen LogP contribution in [-0.4, -0.2) is 13.5 Å². The molecule has 0 atom stereocenters. The van der Waals surface area contributed by atoms with Gasteiger partial charge in [0.15, 0.2) is 0 Å². The first-order valence-electron chi connectivity index (χ1n) is 16.2. The average molecular weight is 598 g/mol. The maximum absolute atomic E-state index is 2.50. The fraction of sp³-hybridized carbons (Fsp3) is 0. The van der Waals surface area contributed by atoms with Crippen LogP contribution in [0.1, 0.15) is 0 Å². The largest absolute Gasteiger partial charge is 0.309 e. The van der Waals surface area contributed by atoms with Gasteiger partial charge in [0.2, 0.25) is 0 Å². The molecule has 0 saturated carbocycles. The highest BCUT2D eigenvalue weighted by Gasteiger charge is 2.25. The molecule has 3 heteroatoms. The monoisotopic (exact) mass is 597 g/mol. The Labute approximate surface area is 270 Å². The minimum absolute atomic E-state index is 1.17. The quantitative estimate of drug-likeness (QED) is 0.192. The van der Waals surface area contributed by atoms with Crippen LogP contribution in [0.15, 0.2) is 164 Å². The Morgan fingerprint density at radius 2 is 0.830 bits per heavy atom. The first-order valence-corrected chi connectivity index (χ1v) is 16.2. The van der Waals surface area contributed by atoms with Crippen LogP contribution >= 0.6 is 0 Å². The summed E-state index contributed by atoms with van der Waals surface area (Å²) in [5.41, 5.74) is 13.5. The molecule has 5 aromatic heterocycles.